The van der Waals surface area contributed by atoms with E-state index in [9.17, 15) is 5.11 Å². The maximum absolute atomic E-state index is 10.0. The van der Waals surface area contributed by atoms with Crippen molar-refractivity contribution in [2.75, 3.05) is 0 Å². The average Bonchev–Trinajstić information content (AvgIpc) is 2.88. The van der Waals surface area contributed by atoms with E-state index in [1.807, 2.05) is 0 Å². The number of hydrogen-bond acceptors (Lipinski definition) is 5. The van der Waals surface area contributed by atoms with Gasteiger partial charge in [-0.2, -0.15) is 4.98 Å². The Bertz CT molecular complexity index is 617. The molecule has 0 aliphatic heterocycles. The smallest absolute Gasteiger partial charge is 0.232 e. The zero-order valence-electron chi connectivity index (χ0n) is 10.6. The van der Waals surface area contributed by atoms with Crippen molar-refractivity contribution >= 4 is 23.2 Å². The maximum Gasteiger partial charge on any atom is 0.232 e. The quantitative estimate of drug-likeness (QED) is 0.919. The highest BCUT2D eigenvalue weighted by molar-refractivity contribution is 6.35. The molecule has 1 saturated carbocycles. The highest BCUT2D eigenvalue weighted by Gasteiger charge is 2.30. The number of rotatable bonds is 2. The minimum absolute atomic E-state index is 0.101. The monoisotopic (exact) mass is 313 g/mol. The summed E-state index contributed by atoms with van der Waals surface area (Å²) in [5, 5.41) is 14.7. The normalized spacial score (nSPS) is 22.9. The van der Waals surface area contributed by atoms with Crippen LogP contribution in [0.5, 0.6) is 0 Å². The number of halogens is 2. The summed E-state index contributed by atoms with van der Waals surface area (Å²) >= 11 is 11.9. The zero-order valence-corrected chi connectivity index (χ0v) is 12.1. The summed E-state index contributed by atoms with van der Waals surface area (Å²) in [6, 6.07) is 1.58. The summed E-state index contributed by atoms with van der Waals surface area (Å²) in [7, 11) is 0. The van der Waals surface area contributed by atoms with E-state index in [0.29, 0.717) is 27.5 Å². The number of aliphatic hydroxyl groups is 1. The van der Waals surface area contributed by atoms with Gasteiger partial charge in [-0.05, 0) is 18.9 Å². The third-order valence-electron chi connectivity index (χ3n) is 3.51. The third kappa shape index (κ3) is 2.66. The van der Waals surface area contributed by atoms with E-state index in [0.717, 1.165) is 25.7 Å². The summed E-state index contributed by atoms with van der Waals surface area (Å²) in [5.74, 6) is 0.663. The van der Waals surface area contributed by atoms with Crippen molar-refractivity contribution in [1.82, 2.24) is 15.1 Å². The first kappa shape index (κ1) is 13.8. The van der Waals surface area contributed by atoms with E-state index in [-0.39, 0.29) is 5.92 Å². The Morgan fingerprint density at radius 1 is 1.25 bits per heavy atom. The molecule has 1 aliphatic rings. The van der Waals surface area contributed by atoms with Crippen LogP contribution in [0.25, 0.3) is 11.5 Å². The summed E-state index contributed by atoms with van der Waals surface area (Å²) in [6.45, 7) is 0. The molecule has 20 heavy (non-hydrogen) atoms. The van der Waals surface area contributed by atoms with Crippen LogP contribution in [0.15, 0.2) is 16.8 Å². The van der Waals surface area contributed by atoms with Crippen molar-refractivity contribution < 1.29 is 9.63 Å². The molecule has 0 radical (unpaired) electrons. The van der Waals surface area contributed by atoms with Gasteiger partial charge in [0.1, 0.15) is 5.69 Å². The van der Waals surface area contributed by atoms with Gasteiger partial charge in [0.25, 0.3) is 0 Å². The predicted molar refractivity (Wildman–Crippen MR) is 74.8 cm³/mol. The Morgan fingerprint density at radius 3 is 2.80 bits per heavy atom. The van der Waals surface area contributed by atoms with Crippen LogP contribution < -0.4 is 0 Å². The van der Waals surface area contributed by atoms with Crippen LogP contribution in [-0.2, 0) is 0 Å². The second kappa shape index (κ2) is 5.68. The van der Waals surface area contributed by atoms with Gasteiger partial charge >= 0.3 is 0 Å². The Morgan fingerprint density at radius 2 is 2.05 bits per heavy atom. The molecule has 2 aromatic heterocycles. The van der Waals surface area contributed by atoms with Gasteiger partial charge in [-0.3, -0.25) is 0 Å². The van der Waals surface area contributed by atoms with Crippen molar-refractivity contribution in [3.05, 3.63) is 28.2 Å². The standard InChI is InChI=1S/C13H13Cl2N3O2/c14-7-5-9(15)11(16-6-7)12-17-13(20-18-12)8-3-1-2-4-10(8)19/h5-6,8,10,19H,1-4H2. The van der Waals surface area contributed by atoms with Crippen LogP contribution in [0.1, 0.15) is 37.5 Å². The SMILES string of the molecule is OC1CCCCC1c1nc(-c2ncc(Cl)cc2Cl)no1. The van der Waals surface area contributed by atoms with Crippen LogP contribution >= 0.6 is 23.2 Å². The Balaban J connectivity index is 1.89. The van der Waals surface area contributed by atoms with Crippen molar-refractivity contribution in [3.8, 4) is 11.5 Å². The molecule has 0 amide bonds. The highest BCUT2D eigenvalue weighted by atomic mass is 35.5. The van der Waals surface area contributed by atoms with Crippen LogP contribution in [0.2, 0.25) is 10.0 Å². The van der Waals surface area contributed by atoms with Crippen molar-refractivity contribution in [2.24, 2.45) is 0 Å². The van der Waals surface area contributed by atoms with Crippen LogP contribution in [0.4, 0.5) is 0 Å². The molecule has 0 saturated heterocycles. The fraction of sp³-hybridized carbons (Fsp3) is 0.462. The first-order valence-corrected chi connectivity index (χ1v) is 7.24. The Labute approximate surface area is 125 Å². The first-order valence-electron chi connectivity index (χ1n) is 6.48. The molecule has 2 atom stereocenters. The van der Waals surface area contributed by atoms with Gasteiger partial charge in [-0.25, -0.2) is 4.98 Å². The summed E-state index contributed by atoms with van der Waals surface area (Å²) in [4.78, 5) is 8.43. The van der Waals surface area contributed by atoms with Gasteiger partial charge in [-0.1, -0.05) is 41.2 Å². The van der Waals surface area contributed by atoms with E-state index >= 15 is 0 Å². The third-order valence-corrected chi connectivity index (χ3v) is 4.00. The largest absolute Gasteiger partial charge is 0.392 e. The predicted octanol–water partition coefficient (Wildman–Crippen LogP) is 3.46. The number of aromatic nitrogens is 3. The molecule has 0 spiro atoms. The molecule has 7 heteroatoms. The van der Waals surface area contributed by atoms with Gasteiger partial charge < -0.3 is 9.63 Å². The fourth-order valence-electron chi connectivity index (χ4n) is 2.46. The molecule has 106 valence electrons. The fourth-order valence-corrected chi connectivity index (χ4v) is 2.93. The molecule has 2 unspecified atom stereocenters. The topological polar surface area (TPSA) is 72.0 Å². The number of aliphatic hydroxyl groups excluding tert-OH is 1. The molecular formula is C13H13Cl2N3O2. The number of nitrogens with zero attached hydrogens (tertiary/aromatic N) is 3. The van der Waals surface area contributed by atoms with Gasteiger partial charge in [0, 0.05) is 6.20 Å². The van der Waals surface area contributed by atoms with Crippen LogP contribution in [-0.4, -0.2) is 26.3 Å². The maximum atomic E-state index is 10.0. The zero-order chi connectivity index (χ0) is 14.1. The van der Waals surface area contributed by atoms with Gasteiger partial charge in [0.05, 0.1) is 22.1 Å². The average molecular weight is 314 g/mol. The van der Waals surface area contributed by atoms with E-state index in [4.69, 9.17) is 27.7 Å². The minimum atomic E-state index is -0.425. The van der Waals surface area contributed by atoms with Gasteiger partial charge in [0.15, 0.2) is 0 Å². The van der Waals surface area contributed by atoms with E-state index in [1.54, 1.807) is 6.07 Å². The van der Waals surface area contributed by atoms with Gasteiger partial charge in [0.2, 0.25) is 11.7 Å². The minimum Gasteiger partial charge on any atom is -0.392 e. The van der Waals surface area contributed by atoms with E-state index in [1.165, 1.54) is 6.20 Å². The lowest BCUT2D eigenvalue weighted by atomic mass is 9.86. The molecule has 0 aromatic carbocycles. The lowest BCUT2D eigenvalue weighted by Crippen LogP contribution is -2.22. The second-order valence-corrected chi connectivity index (χ2v) is 5.74. The molecule has 2 heterocycles. The van der Waals surface area contributed by atoms with Crippen LogP contribution in [0, 0.1) is 0 Å². The Kier molecular flexibility index (Phi) is 3.92. The van der Waals surface area contributed by atoms with E-state index in [2.05, 4.69) is 15.1 Å². The number of hydrogen-bond donors (Lipinski definition) is 1. The molecule has 1 fully saturated rings. The summed E-state index contributed by atoms with van der Waals surface area (Å²) in [6.07, 6.45) is 4.76. The van der Waals surface area contributed by atoms with Gasteiger partial charge in [-0.15, -0.1) is 0 Å². The molecule has 1 aliphatic carbocycles. The van der Waals surface area contributed by atoms with Crippen molar-refractivity contribution in [1.29, 1.82) is 0 Å². The summed E-state index contributed by atoms with van der Waals surface area (Å²) < 4.78 is 5.26. The molecule has 3 rings (SSSR count). The lowest BCUT2D eigenvalue weighted by molar-refractivity contribution is 0.0908. The Hall–Kier alpha value is -1.17. The molecule has 0 bridgehead atoms. The number of pyridine rings is 1. The molecule has 1 N–H and O–H groups in total. The highest BCUT2D eigenvalue weighted by Crippen LogP contribution is 2.33. The molecular weight excluding hydrogens is 301 g/mol. The first-order chi connectivity index (χ1) is 9.65. The van der Waals surface area contributed by atoms with Crippen molar-refractivity contribution in [3.63, 3.8) is 0 Å². The second-order valence-electron chi connectivity index (χ2n) is 4.90. The molecule has 5 nitrogen and oxygen atoms in total. The molecule has 2 aromatic rings. The summed E-state index contributed by atoms with van der Waals surface area (Å²) in [5.41, 5.74) is 0.427. The lowest BCUT2D eigenvalue weighted by Gasteiger charge is -2.24. The van der Waals surface area contributed by atoms with E-state index < -0.39 is 6.10 Å². The van der Waals surface area contributed by atoms with Crippen molar-refractivity contribution in [2.45, 2.75) is 37.7 Å². The van der Waals surface area contributed by atoms with Crippen LogP contribution in [0.3, 0.4) is 0 Å².